The standard InChI is InChI=1S/C20H23NO6/c22-17-16(11-21-26-13-15-9-5-2-6-10-15)27-20(19(24)18(17)23)25-12-14-7-3-1-4-8-14/h1-11,16-20,22-24H,12-13H2/b21-11+/t16-,17+,18+,19-,20?/m1/s1. The second-order valence-corrected chi connectivity index (χ2v) is 6.25. The van der Waals surface area contributed by atoms with Gasteiger partial charge in [0.1, 0.15) is 31.0 Å². The Morgan fingerprint density at radius 3 is 2.04 bits per heavy atom. The molecule has 7 nitrogen and oxygen atoms in total. The number of oxime groups is 1. The van der Waals surface area contributed by atoms with E-state index in [-0.39, 0.29) is 13.2 Å². The van der Waals surface area contributed by atoms with Gasteiger partial charge >= 0.3 is 0 Å². The van der Waals surface area contributed by atoms with Gasteiger partial charge in [0.15, 0.2) is 6.29 Å². The lowest BCUT2D eigenvalue weighted by Gasteiger charge is -2.38. The van der Waals surface area contributed by atoms with Crippen molar-refractivity contribution < 1.29 is 29.6 Å². The second kappa shape index (κ2) is 9.59. The average Bonchev–Trinajstić information content (AvgIpc) is 2.71. The Balaban J connectivity index is 1.54. The smallest absolute Gasteiger partial charge is 0.187 e. The lowest BCUT2D eigenvalue weighted by Crippen LogP contribution is -2.58. The molecule has 1 unspecified atom stereocenters. The van der Waals surface area contributed by atoms with Crippen LogP contribution in [-0.2, 0) is 27.5 Å². The molecular formula is C20H23NO6. The monoisotopic (exact) mass is 373 g/mol. The van der Waals surface area contributed by atoms with Crippen molar-refractivity contribution in [2.24, 2.45) is 5.16 Å². The highest BCUT2D eigenvalue weighted by molar-refractivity contribution is 5.63. The van der Waals surface area contributed by atoms with E-state index in [0.717, 1.165) is 11.1 Å². The number of hydrogen-bond acceptors (Lipinski definition) is 7. The van der Waals surface area contributed by atoms with Gasteiger partial charge in [-0.25, -0.2) is 0 Å². The van der Waals surface area contributed by atoms with Crippen LogP contribution < -0.4 is 0 Å². The Labute approximate surface area is 157 Å². The van der Waals surface area contributed by atoms with Gasteiger partial charge in [0.05, 0.1) is 12.8 Å². The van der Waals surface area contributed by atoms with E-state index in [0.29, 0.717) is 0 Å². The third kappa shape index (κ3) is 5.35. The van der Waals surface area contributed by atoms with Crippen molar-refractivity contribution in [3.8, 4) is 0 Å². The summed E-state index contributed by atoms with van der Waals surface area (Å²) < 4.78 is 11.1. The molecule has 1 aliphatic rings. The van der Waals surface area contributed by atoms with Crippen LogP contribution in [0.4, 0.5) is 0 Å². The van der Waals surface area contributed by atoms with Crippen molar-refractivity contribution in [2.45, 2.75) is 43.9 Å². The molecule has 7 heteroatoms. The van der Waals surface area contributed by atoms with Gasteiger partial charge < -0.3 is 29.6 Å². The predicted octanol–water partition coefficient (Wildman–Crippen LogP) is 1.21. The first-order valence-corrected chi connectivity index (χ1v) is 8.69. The van der Waals surface area contributed by atoms with Crippen LogP contribution in [0, 0.1) is 0 Å². The fourth-order valence-corrected chi connectivity index (χ4v) is 2.68. The zero-order valence-electron chi connectivity index (χ0n) is 14.7. The van der Waals surface area contributed by atoms with Gasteiger partial charge in [-0.2, -0.15) is 0 Å². The molecule has 0 spiro atoms. The summed E-state index contributed by atoms with van der Waals surface area (Å²) in [5, 5.41) is 34.0. The first kappa shape index (κ1) is 19.5. The summed E-state index contributed by atoms with van der Waals surface area (Å²) in [6, 6.07) is 18.9. The highest BCUT2D eigenvalue weighted by Crippen LogP contribution is 2.22. The third-order valence-corrected chi connectivity index (χ3v) is 4.22. The first-order chi connectivity index (χ1) is 13.1. The second-order valence-electron chi connectivity index (χ2n) is 6.25. The number of rotatable bonds is 7. The predicted molar refractivity (Wildman–Crippen MR) is 97.6 cm³/mol. The summed E-state index contributed by atoms with van der Waals surface area (Å²) in [5.41, 5.74) is 1.84. The SMILES string of the molecule is O[C@@H]1[C@H](O)[C@@H](O)C(OCc2ccccc2)O[C@@H]1/C=N/OCc1ccccc1. The Kier molecular flexibility index (Phi) is 6.92. The van der Waals surface area contributed by atoms with Crippen molar-refractivity contribution in [1.29, 1.82) is 0 Å². The zero-order valence-corrected chi connectivity index (χ0v) is 14.7. The van der Waals surface area contributed by atoms with Crippen molar-refractivity contribution in [2.75, 3.05) is 0 Å². The molecule has 1 aliphatic heterocycles. The lowest BCUT2D eigenvalue weighted by molar-refractivity contribution is -0.285. The molecule has 3 rings (SSSR count). The third-order valence-electron chi connectivity index (χ3n) is 4.22. The number of nitrogens with zero attached hydrogens (tertiary/aromatic N) is 1. The maximum Gasteiger partial charge on any atom is 0.187 e. The number of benzene rings is 2. The van der Waals surface area contributed by atoms with Gasteiger partial charge in [-0.3, -0.25) is 0 Å². The van der Waals surface area contributed by atoms with Crippen molar-refractivity contribution in [1.82, 2.24) is 0 Å². The Hall–Kier alpha value is -2.29. The molecule has 0 aromatic heterocycles. The zero-order chi connectivity index (χ0) is 19.1. The normalized spacial score (nSPS) is 28.3. The molecule has 1 saturated heterocycles. The Morgan fingerprint density at radius 2 is 1.41 bits per heavy atom. The fraction of sp³-hybridized carbons (Fsp3) is 0.350. The van der Waals surface area contributed by atoms with E-state index in [9.17, 15) is 15.3 Å². The molecule has 5 atom stereocenters. The summed E-state index contributed by atoms with van der Waals surface area (Å²) in [6.07, 6.45) is -4.97. The molecule has 0 radical (unpaired) electrons. The van der Waals surface area contributed by atoms with Crippen molar-refractivity contribution in [3.63, 3.8) is 0 Å². The molecule has 0 bridgehead atoms. The minimum atomic E-state index is -1.43. The summed E-state index contributed by atoms with van der Waals surface area (Å²) in [6.45, 7) is 0.457. The maximum atomic E-state index is 10.1. The average molecular weight is 373 g/mol. The molecule has 2 aromatic rings. The summed E-state index contributed by atoms with van der Waals surface area (Å²) in [7, 11) is 0. The lowest BCUT2D eigenvalue weighted by atomic mass is 9.99. The number of aliphatic hydroxyl groups excluding tert-OH is 3. The van der Waals surface area contributed by atoms with Gasteiger partial charge in [-0.15, -0.1) is 0 Å². The van der Waals surface area contributed by atoms with Gasteiger partial charge in [0.25, 0.3) is 0 Å². The van der Waals surface area contributed by atoms with E-state index < -0.39 is 30.7 Å². The van der Waals surface area contributed by atoms with Gasteiger partial charge in [0.2, 0.25) is 0 Å². The van der Waals surface area contributed by atoms with Crippen LogP contribution >= 0.6 is 0 Å². The van der Waals surface area contributed by atoms with E-state index in [1.165, 1.54) is 6.21 Å². The van der Waals surface area contributed by atoms with E-state index in [1.54, 1.807) is 0 Å². The number of hydrogen-bond donors (Lipinski definition) is 3. The molecule has 3 N–H and O–H groups in total. The summed E-state index contributed by atoms with van der Waals surface area (Å²) >= 11 is 0. The molecule has 0 amide bonds. The molecular weight excluding hydrogens is 350 g/mol. The molecule has 2 aromatic carbocycles. The van der Waals surface area contributed by atoms with Crippen molar-refractivity contribution >= 4 is 6.21 Å². The highest BCUT2D eigenvalue weighted by Gasteiger charge is 2.43. The van der Waals surface area contributed by atoms with Crippen LogP contribution in [0.1, 0.15) is 11.1 Å². The van der Waals surface area contributed by atoms with Crippen LogP contribution in [0.15, 0.2) is 65.8 Å². The molecule has 0 saturated carbocycles. The van der Waals surface area contributed by atoms with Gasteiger partial charge in [-0.05, 0) is 11.1 Å². The van der Waals surface area contributed by atoms with E-state index in [1.807, 2.05) is 60.7 Å². The topological polar surface area (TPSA) is 101 Å². The van der Waals surface area contributed by atoms with Crippen LogP contribution in [0.5, 0.6) is 0 Å². The summed E-state index contributed by atoms with van der Waals surface area (Å²) in [4.78, 5) is 5.19. The molecule has 27 heavy (non-hydrogen) atoms. The van der Waals surface area contributed by atoms with E-state index in [4.69, 9.17) is 14.3 Å². The van der Waals surface area contributed by atoms with Gasteiger partial charge in [-0.1, -0.05) is 65.8 Å². The highest BCUT2D eigenvalue weighted by atomic mass is 16.7. The Morgan fingerprint density at radius 1 is 0.815 bits per heavy atom. The minimum absolute atomic E-state index is 0.194. The first-order valence-electron chi connectivity index (χ1n) is 8.69. The van der Waals surface area contributed by atoms with Crippen molar-refractivity contribution in [3.05, 3.63) is 71.8 Å². The van der Waals surface area contributed by atoms with Gasteiger partial charge in [0, 0.05) is 0 Å². The molecule has 0 aliphatic carbocycles. The summed E-state index contributed by atoms with van der Waals surface area (Å²) in [5.74, 6) is 0. The van der Waals surface area contributed by atoms with Crippen LogP contribution in [0.3, 0.4) is 0 Å². The molecule has 1 fully saturated rings. The quantitative estimate of drug-likeness (QED) is 0.498. The fourth-order valence-electron chi connectivity index (χ4n) is 2.68. The van der Waals surface area contributed by atoms with E-state index in [2.05, 4.69) is 5.16 Å². The molecule has 1 heterocycles. The maximum absolute atomic E-state index is 10.1. The number of aliphatic hydroxyl groups is 3. The van der Waals surface area contributed by atoms with E-state index >= 15 is 0 Å². The van der Waals surface area contributed by atoms with Crippen LogP contribution in [0.25, 0.3) is 0 Å². The Bertz CT molecular complexity index is 711. The van der Waals surface area contributed by atoms with Crippen LogP contribution in [-0.4, -0.2) is 52.2 Å². The minimum Gasteiger partial charge on any atom is -0.391 e. The number of ether oxygens (including phenoxy) is 2. The molecule has 144 valence electrons. The largest absolute Gasteiger partial charge is 0.391 e. The van der Waals surface area contributed by atoms with Crippen LogP contribution in [0.2, 0.25) is 0 Å².